The Morgan fingerprint density at radius 2 is 1.33 bits per heavy atom. The van der Waals surface area contributed by atoms with Gasteiger partial charge >= 0.3 is 0 Å². The van der Waals surface area contributed by atoms with Gasteiger partial charge < -0.3 is 34.9 Å². The van der Waals surface area contributed by atoms with E-state index in [9.17, 15) is 14.4 Å². The van der Waals surface area contributed by atoms with Gasteiger partial charge in [0, 0.05) is 16.1 Å². The van der Waals surface area contributed by atoms with Crippen LogP contribution in [0.1, 0.15) is 33.7 Å². The highest BCUT2D eigenvalue weighted by molar-refractivity contribution is 8.00. The van der Waals surface area contributed by atoms with Crippen molar-refractivity contribution >= 4 is 46.9 Å². The van der Waals surface area contributed by atoms with Crippen LogP contribution in [0, 0.1) is 0 Å². The molecule has 0 saturated heterocycles. The van der Waals surface area contributed by atoms with Crippen molar-refractivity contribution in [2.45, 2.75) is 17.1 Å². The van der Waals surface area contributed by atoms with E-state index in [1.165, 1.54) is 39.2 Å². The van der Waals surface area contributed by atoms with E-state index in [1.54, 1.807) is 60.7 Å². The van der Waals surface area contributed by atoms with Gasteiger partial charge in [0.1, 0.15) is 16.7 Å². The van der Waals surface area contributed by atoms with Crippen LogP contribution in [-0.4, -0.2) is 45.7 Å². The molecule has 0 bridgehead atoms. The maximum atomic E-state index is 13.8. The van der Waals surface area contributed by atoms with Gasteiger partial charge in [-0.15, -0.1) is 11.8 Å². The predicted octanol–water partition coefficient (Wildman–Crippen LogP) is 7.99. The summed E-state index contributed by atoms with van der Waals surface area (Å²) in [5.41, 5.74) is 2.77. The number of methoxy groups -OCH3 is 3. The van der Waals surface area contributed by atoms with Crippen LogP contribution in [0.15, 0.2) is 132 Å². The smallest absolute Gasteiger partial charge is 0.272 e. The average molecular weight is 718 g/mol. The Morgan fingerprint density at radius 1 is 0.712 bits per heavy atom. The first-order valence-corrected chi connectivity index (χ1v) is 17.2. The number of para-hydroxylation sites is 2. The third-order valence-corrected chi connectivity index (χ3v) is 8.94. The van der Waals surface area contributed by atoms with Crippen LogP contribution < -0.4 is 34.9 Å². The molecule has 0 fully saturated rings. The van der Waals surface area contributed by atoms with Crippen molar-refractivity contribution in [2.75, 3.05) is 38.6 Å². The summed E-state index contributed by atoms with van der Waals surface area (Å²) < 4.78 is 22.1. The molecule has 0 spiro atoms. The lowest BCUT2D eigenvalue weighted by Crippen LogP contribution is -2.30. The third-order valence-electron chi connectivity index (χ3n) is 7.68. The van der Waals surface area contributed by atoms with Crippen LogP contribution >= 0.6 is 11.8 Å². The first-order chi connectivity index (χ1) is 25.3. The molecule has 0 aliphatic carbocycles. The summed E-state index contributed by atoms with van der Waals surface area (Å²) in [6.45, 7) is 2.36. The van der Waals surface area contributed by atoms with Crippen molar-refractivity contribution in [3.63, 3.8) is 0 Å². The molecule has 1 unspecified atom stereocenters. The summed E-state index contributed by atoms with van der Waals surface area (Å²) in [6, 6.07) is 35.9. The molecule has 52 heavy (non-hydrogen) atoms. The average Bonchev–Trinajstić information content (AvgIpc) is 3.18. The number of benzene rings is 5. The predicted molar refractivity (Wildman–Crippen MR) is 204 cm³/mol. The Bertz CT molecular complexity index is 2000. The van der Waals surface area contributed by atoms with Gasteiger partial charge in [-0.2, -0.15) is 0 Å². The Kier molecular flexibility index (Phi) is 12.9. The topological polar surface area (TPSA) is 124 Å². The molecular formula is C41H39N3O7S. The summed E-state index contributed by atoms with van der Waals surface area (Å²) in [5, 5.41) is 8.06. The van der Waals surface area contributed by atoms with E-state index in [-0.39, 0.29) is 11.6 Å². The zero-order chi connectivity index (χ0) is 36.9. The van der Waals surface area contributed by atoms with Gasteiger partial charge in [-0.1, -0.05) is 60.7 Å². The maximum Gasteiger partial charge on any atom is 0.272 e. The molecule has 0 aliphatic rings. The highest BCUT2D eigenvalue weighted by Gasteiger charge is 2.24. The fourth-order valence-corrected chi connectivity index (χ4v) is 6.22. The molecular weight excluding hydrogens is 679 g/mol. The van der Waals surface area contributed by atoms with Gasteiger partial charge in [0.2, 0.25) is 11.7 Å². The Morgan fingerprint density at radius 3 is 1.94 bits per heavy atom. The van der Waals surface area contributed by atoms with Crippen LogP contribution in [0.25, 0.3) is 6.08 Å². The summed E-state index contributed by atoms with van der Waals surface area (Å²) in [5.74, 6) is 0.517. The zero-order valence-corrected chi connectivity index (χ0v) is 30.0. The van der Waals surface area contributed by atoms with Crippen molar-refractivity contribution in [3.05, 3.63) is 144 Å². The van der Waals surface area contributed by atoms with Crippen molar-refractivity contribution < 1.29 is 33.3 Å². The normalized spacial score (nSPS) is 11.5. The first-order valence-electron chi connectivity index (χ1n) is 16.4. The minimum absolute atomic E-state index is 0.0188. The largest absolute Gasteiger partial charge is 0.493 e. The molecule has 0 radical (unpaired) electrons. The Labute approximate surface area is 307 Å². The number of thioether (sulfide) groups is 1. The van der Waals surface area contributed by atoms with Gasteiger partial charge in [0.25, 0.3) is 11.8 Å². The fraction of sp³-hybridized carbons (Fsp3) is 0.146. The molecule has 0 heterocycles. The number of hydrogen-bond acceptors (Lipinski definition) is 8. The highest BCUT2D eigenvalue weighted by Crippen LogP contribution is 2.39. The Balaban J connectivity index is 1.38. The molecule has 3 N–H and O–H groups in total. The van der Waals surface area contributed by atoms with Gasteiger partial charge in [0.15, 0.2) is 11.5 Å². The highest BCUT2D eigenvalue weighted by atomic mass is 32.2. The third kappa shape index (κ3) is 9.52. The monoisotopic (exact) mass is 717 g/mol. The zero-order valence-electron chi connectivity index (χ0n) is 29.2. The fourth-order valence-electron chi connectivity index (χ4n) is 5.20. The minimum Gasteiger partial charge on any atom is -0.493 e. The van der Waals surface area contributed by atoms with E-state index in [0.717, 1.165) is 10.5 Å². The summed E-state index contributed by atoms with van der Waals surface area (Å²) in [7, 11) is 4.49. The number of carbonyl (C=O) groups excluding carboxylic acids is 3. The Hall–Kier alpha value is -6.20. The summed E-state index contributed by atoms with van der Waals surface area (Å²) >= 11 is 1.37. The number of carbonyl (C=O) groups is 3. The lowest BCUT2D eigenvalue weighted by Gasteiger charge is -2.19. The van der Waals surface area contributed by atoms with E-state index < -0.39 is 17.1 Å². The maximum absolute atomic E-state index is 13.8. The van der Waals surface area contributed by atoms with E-state index in [0.29, 0.717) is 52.1 Å². The minimum atomic E-state index is -0.586. The second-order valence-electron chi connectivity index (χ2n) is 11.1. The second kappa shape index (κ2) is 18.2. The molecule has 266 valence electrons. The van der Waals surface area contributed by atoms with Crippen LogP contribution in [0.5, 0.6) is 23.0 Å². The van der Waals surface area contributed by atoms with E-state index in [1.807, 2.05) is 67.6 Å². The van der Waals surface area contributed by atoms with E-state index >= 15 is 0 Å². The number of rotatable bonds is 15. The lowest BCUT2D eigenvalue weighted by molar-refractivity contribution is -0.116. The number of ether oxygens (including phenoxy) is 4. The molecule has 0 saturated carbocycles. The number of nitrogens with one attached hydrogen (secondary N) is 3. The van der Waals surface area contributed by atoms with Crippen molar-refractivity contribution in [2.24, 2.45) is 0 Å². The van der Waals surface area contributed by atoms with Gasteiger partial charge in [-0.05, 0) is 84.8 Å². The van der Waals surface area contributed by atoms with Crippen LogP contribution in [0.3, 0.4) is 0 Å². The quantitative estimate of drug-likeness (QED) is 0.0736. The van der Waals surface area contributed by atoms with Crippen LogP contribution in [0.2, 0.25) is 0 Å². The summed E-state index contributed by atoms with van der Waals surface area (Å²) in [6.07, 6.45) is 1.53. The molecule has 1 atom stereocenters. The molecule has 0 aliphatic heterocycles. The van der Waals surface area contributed by atoms with Crippen molar-refractivity contribution in [1.29, 1.82) is 0 Å². The van der Waals surface area contributed by atoms with Gasteiger partial charge in [-0.3, -0.25) is 14.4 Å². The van der Waals surface area contributed by atoms with Crippen molar-refractivity contribution in [3.8, 4) is 23.0 Å². The van der Waals surface area contributed by atoms with Gasteiger partial charge in [-0.25, -0.2) is 0 Å². The molecule has 5 rings (SSSR count). The molecule has 11 heteroatoms. The number of anilines is 2. The van der Waals surface area contributed by atoms with Crippen molar-refractivity contribution in [1.82, 2.24) is 5.32 Å². The standard InChI is InChI=1S/C41H39N3O7S/c1-5-51-34-19-13-12-18-32(34)43-41(47)38(28-14-8-6-9-15-28)52-31-22-20-30(21-23-31)42-40(46)33(44-39(45)29-16-10-7-11-17-29)24-27-25-35(48-2)37(50-4)36(26-27)49-3/h6-26,38H,5H2,1-4H3,(H,42,46)(H,43,47)(H,44,45)/b33-24-. The second-order valence-corrected chi connectivity index (χ2v) is 12.3. The molecule has 3 amide bonds. The lowest BCUT2D eigenvalue weighted by atomic mass is 10.1. The van der Waals surface area contributed by atoms with E-state index in [2.05, 4.69) is 16.0 Å². The molecule has 5 aromatic carbocycles. The van der Waals surface area contributed by atoms with E-state index in [4.69, 9.17) is 18.9 Å². The first kappa shape index (κ1) is 37.1. The molecule has 5 aromatic rings. The van der Waals surface area contributed by atoms with Crippen LogP contribution in [-0.2, 0) is 9.59 Å². The SMILES string of the molecule is CCOc1ccccc1NC(=O)C(Sc1ccc(NC(=O)/C(=C/c2cc(OC)c(OC)c(OC)c2)NC(=O)c2ccccc2)cc1)c1ccccc1. The van der Waals surface area contributed by atoms with Crippen LogP contribution in [0.4, 0.5) is 11.4 Å². The summed E-state index contributed by atoms with van der Waals surface area (Å²) in [4.78, 5) is 41.4. The molecule has 0 aromatic heterocycles. The van der Waals surface area contributed by atoms with Gasteiger partial charge in [0.05, 0.1) is 33.6 Å². The number of hydrogen-bond donors (Lipinski definition) is 3. The molecule has 10 nitrogen and oxygen atoms in total. The number of amides is 3.